The number of anilines is 1. The van der Waals surface area contributed by atoms with E-state index in [1.165, 1.54) is 12.1 Å². The highest BCUT2D eigenvalue weighted by molar-refractivity contribution is 6.35. The predicted octanol–water partition coefficient (Wildman–Crippen LogP) is 4.12. The first-order valence-electron chi connectivity index (χ1n) is 7.70. The van der Waals surface area contributed by atoms with Gasteiger partial charge in [0.05, 0.1) is 16.6 Å². The molecule has 25 heavy (non-hydrogen) atoms. The maximum absolute atomic E-state index is 13.0. The average molecular weight is 381 g/mol. The molecule has 1 unspecified atom stereocenters. The SMILES string of the molecule is O=C(Nc1cc(Cl)ccc1Cl)C1CC(=O)N(Cc2ccc(F)cc2)C1. The van der Waals surface area contributed by atoms with E-state index in [1.807, 2.05) is 0 Å². The summed E-state index contributed by atoms with van der Waals surface area (Å²) in [4.78, 5) is 26.2. The van der Waals surface area contributed by atoms with Gasteiger partial charge < -0.3 is 10.2 Å². The highest BCUT2D eigenvalue weighted by Crippen LogP contribution is 2.27. The molecule has 3 rings (SSSR count). The summed E-state index contributed by atoms with van der Waals surface area (Å²) in [6.07, 6.45) is 0.130. The molecule has 1 aliphatic heterocycles. The normalized spacial score (nSPS) is 17.0. The van der Waals surface area contributed by atoms with E-state index in [0.717, 1.165) is 5.56 Å². The van der Waals surface area contributed by atoms with E-state index in [1.54, 1.807) is 35.2 Å². The summed E-state index contributed by atoms with van der Waals surface area (Å²) in [5.74, 6) is -1.18. The lowest BCUT2D eigenvalue weighted by molar-refractivity contribution is -0.128. The molecular weight excluding hydrogens is 366 g/mol. The Balaban J connectivity index is 1.64. The lowest BCUT2D eigenvalue weighted by Crippen LogP contribution is -2.28. The third-order valence-electron chi connectivity index (χ3n) is 4.06. The number of nitrogens with zero attached hydrogens (tertiary/aromatic N) is 1. The molecule has 2 aromatic rings. The number of carbonyl (C=O) groups is 2. The lowest BCUT2D eigenvalue weighted by Gasteiger charge is -2.17. The van der Waals surface area contributed by atoms with Crippen molar-refractivity contribution in [1.82, 2.24) is 4.90 Å². The Bertz CT molecular complexity index is 811. The van der Waals surface area contributed by atoms with Crippen LogP contribution in [0.4, 0.5) is 10.1 Å². The van der Waals surface area contributed by atoms with Crippen LogP contribution in [0.1, 0.15) is 12.0 Å². The van der Waals surface area contributed by atoms with Gasteiger partial charge in [0.2, 0.25) is 11.8 Å². The number of hydrogen-bond acceptors (Lipinski definition) is 2. The van der Waals surface area contributed by atoms with Gasteiger partial charge in [-0.2, -0.15) is 0 Å². The summed E-state index contributed by atoms with van der Waals surface area (Å²) in [6, 6.07) is 10.7. The molecule has 2 amide bonds. The van der Waals surface area contributed by atoms with Gasteiger partial charge in [0.15, 0.2) is 0 Å². The van der Waals surface area contributed by atoms with E-state index >= 15 is 0 Å². The monoisotopic (exact) mass is 380 g/mol. The minimum atomic E-state index is -0.469. The van der Waals surface area contributed by atoms with Gasteiger partial charge in [0, 0.05) is 24.5 Å². The molecule has 0 radical (unpaired) electrons. The Kier molecular flexibility index (Phi) is 5.25. The molecule has 1 fully saturated rings. The van der Waals surface area contributed by atoms with Crippen LogP contribution in [-0.2, 0) is 16.1 Å². The van der Waals surface area contributed by atoms with Crippen LogP contribution >= 0.6 is 23.2 Å². The van der Waals surface area contributed by atoms with Crippen molar-refractivity contribution >= 4 is 40.7 Å². The largest absolute Gasteiger partial charge is 0.338 e. The minimum Gasteiger partial charge on any atom is -0.338 e. The van der Waals surface area contributed by atoms with E-state index in [4.69, 9.17) is 23.2 Å². The minimum absolute atomic E-state index is 0.110. The van der Waals surface area contributed by atoms with Crippen LogP contribution in [0.3, 0.4) is 0 Å². The Morgan fingerprint density at radius 1 is 1.20 bits per heavy atom. The molecule has 0 spiro atoms. The molecule has 130 valence electrons. The van der Waals surface area contributed by atoms with Crippen LogP contribution in [0, 0.1) is 11.7 Å². The van der Waals surface area contributed by atoms with E-state index < -0.39 is 5.92 Å². The van der Waals surface area contributed by atoms with Crippen LogP contribution in [0.25, 0.3) is 0 Å². The number of carbonyl (C=O) groups excluding carboxylic acids is 2. The number of rotatable bonds is 4. The molecule has 0 bridgehead atoms. The highest BCUT2D eigenvalue weighted by atomic mass is 35.5. The van der Waals surface area contributed by atoms with Gasteiger partial charge in [-0.3, -0.25) is 9.59 Å². The number of halogens is 3. The summed E-state index contributed by atoms with van der Waals surface area (Å²) in [5.41, 5.74) is 1.23. The molecule has 0 aliphatic carbocycles. The first-order chi connectivity index (χ1) is 11.9. The summed E-state index contributed by atoms with van der Waals surface area (Å²) >= 11 is 12.0. The summed E-state index contributed by atoms with van der Waals surface area (Å²) < 4.78 is 13.0. The molecule has 0 saturated carbocycles. The van der Waals surface area contributed by atoms with Gasteiger partial charge in [-0.25, -0.2) is 4.39 Å². The first kappa shape index (κ1) is 17.7. The zero-order chi connectivity index (χ0) is 18.0. The lowest BCUT2D eigenvalue weighted by atomic mass is 10.1. The van der Waals surface area contributed by atoms with Crippen LogP contribution in [-0.4, -0.2) is 23.3 Å². The topological polar surface area (TPSA) is 49.4 Å². The predicted molar refractivity (Wildman–Crippen MR) is 95.0 cm³/mol. The molecule has 2 aromatic carbocycles. The third-order valence-corrected chi connectivity index (χ3v) is 4.62. The summed E-state index contributed by atoms with van der Waals surface area (Å²) in [6.45, 7) is 0.654. The summed E-state index contributed by atoms with van der Waals surface area (Å²) in [5, 5.41) is 3.56. The fourth-order valence-electron chi connectivity index (χ4n) is 2.74. The number of nitrogens with one attached hydrogen (secondary N) is 1. The van der Waals surface area contributed by atoms with Crippen LogP contribution in [0.15, 0.2) is 42.5 Å². The first-order valence-corrected chi connectivity index (χ1v) is 8.46. The maximum atomic E-state index is 13.0. The third kappa shape index (κ3) is 4.30. The van der Waals surface area contributed by atoms with E-state index in [2.05, 4.69) is 5.32 Å². The van der Waals surface area contributed by atoms with Crippen molar-refractivity contribution in [3.8, 4) is 0 Å². The van der Waals surface area contributed by atoms with Gasteiger partial charge in [-0.1, -0.05) is 35.3 Å². The number of amides is 2. The molecule has 1 atom stereocenters. The van der Waals surface area contributed by atoms with Gasteiger partial charge in [0.25, 0.3) is 0 Å². The number of benzene rings is 2. The van der Waals surface area contributed by atoms with Crippen molar-refractivity contribution in [2.45, 2.75) is 13.0 Å². The second-order valence-corrected chi connectivity index (χ2v) is 6.76. The molecular formula is C18H15Cl2FN2O2. The smallest absolute Gasteiger partial charge is 0.229 e. The average Bonchev–Trinajstić information content (AvgIpc) is 2.94. The van der Waals surface area contributed by atoms with Crippen molar-refractivity contribution in [1.29, 1.82) is 0 Å². The van der Waals surface area contributed by atoms with Crippen molar-refractivity contribution in [2.24, 2.45) is 5.92 Å². The molecule has 1 heterocycles. The zero-order valence-corrected chi connectivity index (χ0v) is 14.6. The van der Waals surface area contributed by atoms with Crippen LogP contribution < -0.4 is 5.32 Å². The zero-order valence-electron chi connectivity index (χ0n) is 13.1. The van der Waals surface area contributed by atoms with E-state index in [0.29, 0.717) is 28.8 Å². The van der Waals surface area contributed by atoms with E-state index in [-0.39, 0.29) is 24.1 Å². The molecule has 4 nitrogen and oxygen atoms in total. The van der Waals surface area contributed by atoms with Crippen molar-refractivity contribution in [3.63, 3.8) is 0 Å². The Labute approximate surface area is 154 Å². The standard InChI is InChI=1S/C18H15Cl2FN2O2/c19-13-3-6-15(20)16(8-13)22-18(25)12-7-17(24)23(10-12)9-11-1-4-14(21)5-2-11/h1-6,8,12H,7,9-10H2,(H,22,25). The molecule has 1 aliphatic rings. The second kappa shape index (κ2) is 7.42. The Morgan fingerprint density at radius 2 is 1.92 bits per heavy atom. The Hall–Kier alpha value is -2.11. The number of hydrogen-bond donors (Lipinski definition) is 1. The van der Waals surface area contributed by atoms with Crippen molar-refractivity contribution < 1.29 is 14.0 Å². The van der Waals surface area contributed by atoms with Gasteiger partial charge >= 0.3 is 0 Å². The van der Waals surface area contributed by atoms with Crippen molar-refractivity contribution in [3.05, 3.63) is 63.9 Å². The molecule has 1 saturated heterocycles. The molecule has 1 N–H and O–H groups in total. The molecule has 0 aromatic heterocycles. The van der Waals surface area contributed by atoms with Crippen LogP contribution in [0.5, 0.6) is 0 Å². The molecule has 7 heteroatoms. The summed E-state index contributed by atoms with van der Waals surface area (Å²) in [7, 11) is 0. The Morgan fingerprint density at radius 3 is 2.64 bits per heavy atom. The second-order valence-electron chi connectivity index (χ2n) is 5.92. The van der Waals surface area contributed by atoms with Gasteiger partial charge in [-0.15, -0.1) is 0 Å². The number of likely N-dealkylation sites (tertiary alicyclic amines) is 1. The van der Waals surface area contributed by atoms with E-state index in [9.17, 15) is 14.0 Å². The van der Waals surface area contributed by atoms with Crippen molar-refractivity contribution in [2.75, 3.05) is 11.9 Å². The fraction of sp³-hybridized carbons (Fsp3) is 0.222. The quantitative estimate of drug-likeness (QED) is 0.866. The highest BCUT2D eigenvalue weighted by Gasteiger charge is 2.34. The maximum Gasteiger partial charge on any atom is 0.229 e. The van der Waals surface area contributed by atoms with Crippen LogP contribution in [0.2, 0.25) is 10.0 Å². The van der Waals surface area contributed by atoms with Gasteiger partial charge in [0.1, 0.15) is 5.82 Å². The van der Waals surface area contributed by atoms with Gasteiger partial charge in [-0.05, 0) is 35.9 Å². The fourth-order valence-corrected chi connectivity index (χ4v) is 3.08.